The third-order valence-electron chi connectivity index (χ3n) is 1.97. The number of thioether (sulfide) groups is 1. The molecule has 1 rings (SSSR count). The quantitative estimate of drug-likeness (QED) is 0.702. The second-order valence-corrected chi connectivity index (χ2v) is 4.32. The van der Waals surface area contributed by atoms with Gasteiger partial charge in [-0.25, -0.2) is 0 Å². The highest BCUT2D eigenvalue weighted by atomic mass is 32.2. The normalized spacial score (nSPS) is 11.5. The molecule has 0 fully saturated rings. The molecule has 1 nitrogen and oxygen atoms in total. The van der Waals surface area contributed by atoms with E-state index in [1.807, 2.05) is 31.2 Å². The van der Waals surface area contributed by atoms with Gasteiger partial charge in [0.15, 0.2) is 5.78 Å². The zero-order valence-corrected chi connectivity index (χ0v) is 10.0. The number of carbonyl (C=O) groups excluding carboxylic acids is 1. The molecule has 0 spiro atoms. The molecule has 0 atom stereocenters. The second-order valence-electron chi connectivity index (χ2n) is 3.31. The number of hydrogen-bond donors (Lipinski definition) is 0. The summed E-state index contributed by atoms with van der Waals surface area (Å²) in [5.74, 6) is 1.03. The Balaban J connectivity index is 2.55. The Hall–Kier alpha value is -1.02. The number of hydrogen-bond acceptors (Lipinski definition) is 2. The van der Waals surface area contributed by atoms with Crippen LogP contribution in [0.25, 0.3) is 0 Å². The maximum atomic E-state index is 11.3. The van der Waals surface area contributed by atoms with Crippen LogP contribution in [-0.2, 0) is 10.5 Å². The largest absolute Gasteiger partial charge is 0.294 e. The Kier molecular flexibility index (Phi) is 5.19. The minimum atomic E-state index is 0.165. The molecule has 1 aromatic rings. The Morgan fingerprint density at radius 2 is 2.00 bits per heavy atom. The number of Topliss-reactive ketones (excluding diaryl/α,β-unsaturated/α-hetero) is 1. The minimum absolute atomic E-state index is 0.165. The molecule has 0 aliphatic carbocycles. The van der Waals surface area contributed by atoms with E-state index in [-0.39, 0.29) is 5.78 Å². The topological polar surface area (TPSA) is 17.1 Å². The highest BCUT2D eigenvalue weighted by Crippen LogP contribution is 2.22. The van der Waals surface area contributed by atoms with Gasteiger partial charge in [0, 0.05) is 10.7 Å². The first kappa shape index (κ1) is 12.1. The Bertz CT molecular complexity index is 341. The van der Waals surface area contributed by atoms with E-state index in [0.717, 1.165) is 17.1 Å². The van der Waals surface area contributed by atoms with E-state index in [4.69, 9.17) is 0 Å². The zero-order valence-electron chi connectivity index (χ0n) is 9.19. The lowest BCUT2D eigenvalue weighted by Gasteiger charge is -2.03. The Labute approximate surface area is 95.6 Å². The fourth-order valence-corrected chi connectivity index (χ4v) is 2.23. The number of carbonyl (C=O) groups is 1. The molecule has 0 bridgehead atoms. The van der Waals surface area contributed by atoms with E-state index in [1.54, 1.807) is 18.7 Å². The molecule has 1 aromatic carbocycles. The van der Waals surface area contributed by atoms with Gasteiger partial charge in [-0.2, -0.15) is 0 Å². The first-order valence-corrected chi connectivity index (χ1v) is 6.10. The summed E-state index contributed by atoms with van der Waals surface area (Å²) in [6.07, 6.45) is 2.91. The summed E-state index contributed by atoms with van der Waals surface area (Å²) >= 11 is 1.62. The average molecular weight is 220 g/mol. The summed E-state index contributed by atoms with van der Waals surface area (Å²) in [5.41, 5.74) is 1.26. The van der Waals surface area contributed by atoms with E-state index in [2.05, 4.69) is 12.1 Å². The molecule has 0 saturated carbocycles. The van der Waals surface area contributed by atoms with Crippen LogP contribution in [0.15, 0.2) is 41.3 Å². The molecule has 0 amide bonds. The van der Waals surface area contributed by atoms with Crippen molar-refractivity contribution in [2.45, 2.75) is 26.0 Å². The molecule has 0 N–H and O–H groups in total. The van der Waals surface area contributed by atoms with Crippen molar-refractivity contribution in [1.29, 1.82) is 0 Å². The minimum Gasteiger partial charge on any atom is -0.294 e. The van der Waals surface area contributed by atoms with Crippen LogP contribution in [0.3, 0.4) is 0 Å². The number of rotatable bonds is 5. The van der Waals surface area contributed by atoms with Gasteiger partial charge in [0.2, 0.25) is 0 Å². The van der Waals surface area contributed by atoms with Crippen molar-refractivity contribution >= 4 is 17.5 Å². The van der Waals surface area contributed by atoms with Crippen LogP contribution in [0.4, 0.5) is 0 Å². The smallest absolute Gasteiger partial charge is 0.165 e. The van der Waals surface area contributed by atoms with Crippen LogP contribution in [0.5, 0.6) is 0 Å². The molecule has 0 unspecified atom stereocenters. The third-order valence-corrected chi connectivity index (χ3v) is 3.22. The van der Waals surface area contributed by atoms with Crippen molar-refractivity contribution in [3.63, 3.8) is 0 Å². The molecule has 0 radical (unpaired) electrons. The summed E-state index contributed by atoms with van der Waals surface area (Å²) in [4.78, 5) is 12.1. The van der Waals surface area contributed by atoms with Gasteiger partial charge in [-0.15, -0.1) is 11.8 Å². The fraction of sp³-hybridized carbons (Fsp3) is 0.308. The predicted molar refractivity (Wildman–Crippen MR) is 66.8 cm³/mol. The summed E-state index contributed by atoms with van der Waals surface area (Å²) in [5, 5.41) is 0. The predicted octanol–water partition coefficient (Wildman–Crippen LogP) is 3.80. The van der Waals surface area contributed by atoms with Crippen molar-refractivity contribution in [3.05, 3.63) is 46.9 Å². The van der Waals surface area contributed by atoms with Crippen molar-refractivity contribution in [1.82, 2.24) is 0 Å². The standard InChI is InChI=1S/C13H16OS/c1-3-7-13(11(2)14)15-10-12-8-5-4-6-9-12/h4-9H,3,10H2,1-2H3/b13-7-. The van der Waals surface area contributed by atoms with Gasteiger partial charge in [-0.3, -0.25) is 4.79 Å². The first-order chi connectivity index (χ1) is 7.24. The summed E-state index contributed by atoms with van der Waals surface area (Å²) < 4.78 is 0. The van der Waals surface area contributed by atoms with Gasteiger partial charge in [0.25, 0.3) is 0 Å². The van der Waals surface area contributed by atoms with Gasteiger partial charge in [-0.1, -0.05) is 43.3 Å². The van der Waals surface area contributed by atoms with E-state index in [1.165, 1.54) is 5.56 Å². The van der Waals surface area contributed by atoms with Crippen molar-refractivity contribution in [3.8, 4) is 0 Å². The third kappa shape index (κ3) is 4.34. The lowest BCUT2D eigenvalue weighted by atomic mass is 10.2. The molecular formula is C13H16OS. The number of benzene rings is 1. The van der Waals surface area contributed by atoms with Crippen LogP contribution in [-0.4, -0.2) is 5.78 Å². The van der Waals surface area contributed by atoms with E-state index < -0.39 is 0 Å². The van der Waals surface area contributed by atoms with Crippen LogP contribution in [0.2, 0.25) is 0 Å². The number of ketones is 1. The second kappa shape index (κ2) is 6.46. The highest BCUT2D eigenvalue weighted by Gasteiger charge is 2.03. The van der Waals surface area contributed by atoms with Crippen LogP contribution >= 0.6 is 11.8 Å². The van der Waals surface area contributed by atoms with Crippen LogP contribution in [0, 0.1) is 0 Å². The monoisotopic (exact) mass is 220 g/mol. The molecule has 0 saturated heterocycles. The molecule has 2 heteroatoms. The summed E-state index contributed by atoms with van der Waals surface area (Å²) in [6.45, 7) is 3.67. The molecule has 0 aliphatic rings. The highest BCUT2D eigenvalue weighted by molar-refractivity contribution is 8.03. The maximum absolute atomic E-state index is 11.3. The SMILES string of the molecule is CC/C=C(\SCc1ccccc1)C(C)=O. The molecule has 15 heavy (non-hydrogen) atoms. The molecular weight excluding hydrogens is 204 g/mol. The van der Waals surface area contributed by atoms with Gasteiger partial charge in [0.05, 0.1) is 0 Å². The van der Waals surface area contributed by atoms with Crippen LogP contribution in [0.1, 0.15) is 25.8 Å². The zero-order chi connectivity index (χ0) is 11.1. The van der Waals surface area contributed by atoms with Gasteiger partial charge < -0.3 is 0 Å². The Morgan fingerprint density at radius 1 is 1.33 bits per heavy atom. The van der Waals surface area contributed by atoms with Gasteiger partial charge in [-0.05, 0) is 18.9 Å². The van der Waals surface area contributed by atoms with E-state index >= 15 is 0 Å². The van der Waals surface area contributed by atoms with Crippen molar-refractivity contribution < 1.29 is 4.79 Å². The van der Waals surface area contributed by atoms with Gasteiger partial charge >= 0.3 is 0 Å². The first-order valence-electron chi connectivity index (χ1n) is 5.12. The maximum Gasteiger partial charge on any atom is 0.165 e. The fourth-order valence-electron chi connectivity index (χ4n) is 1.23. The molecule has 0 aromatic heterocycles. The van der Waals surface area contributed by atoms with E-state index in [0.29, 0.717) is 0 Å². The molecule has 0 aliphatic heterocycles. The summed E-state index contributed by atoms with van der Waals surface area (Å²) in [6, 6.07) is 10.2. The molecule has 80 valence electrons. The average Bonchev–Trinajstić information content (AvgIpc) is 2.25. The lowest BCUT2D eigenvalue weighted by Crippen LogP contribution is -1.93. The number of allylic oxidation sites excluding steroid dienone is 2. The Morgan fingerprint density at radius 3 is 2.53 bits per heavy atom. The lowest BCUT2D eigenvalue weighted by molar-refractivity contribution is -0.112. The molecule has 0 heterocycles. The van der Waals surface area contributed by atoms with Gasteiger partial charge in [0.1, 0.15) is 0 Å². The van der Waals surface area contributed by atoms with Crippen molar-refractivity contribution in [2.24, 2.45) is 0 Å². The summed E-state index contributed by atoms with van der Waals surface area (Å²) in [7, 11) is 0. The van der Waals surface area contributed by atoms with E-state index in [9.17, 15) is 4.79 Å². The van der Waals surface area contributed by atoms with Crippen LogP contribution < -0.4 is 0 Å². The van der Waals surface area contributed by atoms with Crippen molar-refractivity contribution in [2.75, 3.05) is 0 Å².